The van der Waals surface area contributed by atoms with Crippen LogP contribution in [0.1, 0.15) is 40.4 Å². The highest BCUT2D eigenvalue weighted by molar-refractivity contribution is 7.88. The molecule has 0 bridgehead atoms. The van der Waals surface area contributed by atoms with Gasteiger partial charge in [-0.25, -0.2) is 17.9 Å². The molecule has 1 unspecified atom stereocenters. The van der Waals surface area contributed by atoms with Crippen molar-refractivity contribution in [1.82, 2.24) is 9.62 Å². The molecule has 0 aliphatic carbocycles. The molecule has 28 heavy (non-hydrogen) atoms. The summed E-state index contributed by atoms with van der Waals surface area (Å²) >= 11 is 0. The lowest BCUT2D eigenvalue weighted by Gasteiger charge is -2.32. The van der Waals surface area contributed by atoms with Crippen LogP contribution in [-0.2, 0) is 20.5 Å². The Morgan fingerprint density at radius 2 is 1.79 bits per heavy atom. The molecule has 1 N–H and O–H groups in total. The van der Waals surface area contributed by atoms with Gasteiger partial charge in [-0.3, -0.25) is 0 Å². The highest BCUT2D eigenvalue weighted by Crippen LogP contribution is 2.21. The highest BCUT2D eigenvalue weighted by atomic mass is 32.2. The molecule has 0 spiro atoms. The van der Waals surface area contributed by atoms with Gasteiger partial charge in [-0.1, -0.05) is 42.5 Å². The number of nitrogens with one attached hydrogen (secondary N) is 1. The van der Waals surface area contributed by atoms with Crippen molar-refractivity contribution in [1.29, 1.82) is 0 Å². The Kier molecular flexibility index (Phi) is 6.83. The van der Waals surface area contributed by atoms with Crippen molar-refractivity contribution in [3.63, 3.8) is 0 Å². The normalized spacial score (nSPS) is 15.6. The van der Waals surface area contributed by atoms with Crippen molar-refractivity contribution in [3.05, 3.63) is 71.3 Å². The molecule has 0 saturated carbocycles. The van der Waals surface area contributed by atoms with E-state index >= 15 is 0 Å². The second kappa shape index (κ2) is 9.32. The Morgan fingerprint density at radius 3 is 2.36 bits per heavy atom. The van der Waals surface area contributed by atoms with Gasteiger partial charge >= 0.3 is 5.97 Å². The summed E-state index contributed by atoms with van der Waals surface area (Å²) in [6.45, 7) is 3.04. The van der Waals surface area contributed by atoms with Crippen LogP contribution in [0, 0.1) is 0 Å². The molecular formula is C21H26N2O4S. The molecule has 2 aromatic carbocycles. The number of rotatable bonds is 9. The van der Waals surface area contributed by atoms with Gasteiger partial charge in [0.2, 0.25) is 10.0 Å². The van der Waals surface area contributed by atoms with Gasteiger partial charge in [-0.05, 0) is 55.7 Å². The Balaban J connectivity index is 1.68. The fourth-order valence-corrected chi connectivity index (χ4v) is 4.63. The van der Waals surface area contributed by atoms with E-state index in [-0.39, 0.29) is 11.8 Å². The summed E-state index contributed by atoms with van der Waals surface area (Å²) in [5.41, 5.74) is 1.98. The van der Waals surface area contributed by atoms with E-state index in [2.05, 4.69) is 14.4 Å². The van der Waals surface area contributed by atoms with Crippen LogP contribution in [0.25, 0.3) is 0 Å². The van der Waals surface area contributed by atoms with E-state index in [4.69, 9.17) is 0 Å². The van der Waals surface area contributed by atoms with Crippen LogP contribution >= 0.6 is 0 Å². The van der Waals surface area contributed by atoms with Crippen molar-refractivity contribution in [2.45, 2.75) is 24.6 Å². The summed E-state index contributed by atoms with van der Waals surface area (Å²) < 4.78 is 33.1. The van der Waals surface area contributed by atoms with Crippen LogP contribution in [0.15, 0.2) is 54.6 Å². The molecule has 0 radical (unpaired) electrons. The number of hydrogen-bond donors (Lipinski definition) is 1. The van der Waals surface area contributed by atoms with Gasteiger partial charge in [-0.15, -0.1) is 0 Å². The molecular weight excluding hydrogens is 376 g/mol. The van der Waals surface area contributed by atoms with Crippen LogP contribution in [0.5, 0.6) is 0 Å². The first kappa shape index (κ1) is 20.5. The van der Waals surface area contributed by atoms with Gasteiger partial charge in [0.25, 0.3) is 0 Å². The number of ether oxygens (including phenoxy) is 1. The van der Waals surface area contributed by atoms with E-state index in [1.54, 1.807) is 24.3 Å². The van der Waals surface area contributed by atoms with E-state index in [9.17, 15) is 13.2 Å². The summed E-state index contributed by atoms with van der Waals surface area (Å²) in [7, 11) is -2.23. The van der Waals surface area contributed by atoms with Crippen LogP contribution in [0.4, 0.5) is 0 Å². The average molecular weight is 403 g/mol. The van der Waals surface area contributed by atoms with Crippen LogP contribution in [-0.4, -0.2) is 46.0 Å². The lowest BCUT2D eigenvalue weighted by atomic mass is 10.0. The van der Waals surface area contributed by atoms with Gasteiger partial charge in [0.05, 0.1) is 18.4 Å². The third-order valence-electron chi connectivity index (χ3n) is 4.94. The summed E-state index contributed by atoms with van der Waals surface area (Å²) in [6.07, 6.45) is 1.94. The first-order valence-electron chi connectivity index (χ1n) is 9.41. The third-order valence-corrected chi connectivity index (χ3v) is 6.30. The molecule has 1 saturated heterocycles. The first-order valence-corrected chi connectivity index (χ1v) is 11.1. The number of nitrogens with zero attached hydrogens (tertiary/aromatic N) is 1. The maximum absolute atomic E-state index is 12.8. The maximum Gasteiger partial charge on any atom is 0.337 e. The van der Waals surface area contributed by atoms with Crippen LogP contribution in [0.2, 0.25) is 0 Å². The topological polar surface area (TPSA) is 75.7 Å². The molecule has 7 heteroatoms. The zero-order valence-electron chi connectivity index (χ0n) is 16.0. The minimum absolute atomic E-state index is 0.137. The molecule has 0 aromatic heterocycles. The van der Waals surface area contributed by atoms with Crippen LogP contribution < -0.4 is 4.72 Å². The summed E-state index contributed by atoms with van der Waals surface area (Å²) in [5.74, 6) is -0.579. The summed E-state index contributed by atoms with van der Waals surface area (Å²) in [5, 5.41) is 0. The molecule has 1 aliphatic heterocycles. The molecule has 1 aliphatic rings. The standard InChI is InChI=1S/C21H26N2O4S/c1-27-21(24)19-10-8-17(9-11-19)16-28(25,26)22-20(12-15-23-13-5-14-23)18-6-3-2-4-7-18/h2-4,6-11,20,22H,5,12-16H2,1H3. The second-order valence-corrected chi connectivity index (χ2v) is 8.77. The number of carbonyl (C=O) groups is 1. The van der Waals surface area contributed by atoms with Gasteiger partial charge in [0.1, 0.15) is 0 Å². The fourth-order valence-electron chi connectivity index (χ4n) is 3.23. The summed E-state index contributed by atoms with van der Waals surface area (Å²) in [6, 6.07) is 15.9. The zero-order valence-corrected chi connectivity index (χ0v) is 16.8. The van der Waals surface area contributed by atoms with Gasteiger partial charge < -0.3 is 9.64 Å². The number of methoxy groups -OCH3 is 1. The van der Waals surface area contributed by atoms with Crippen molar-refractivity contribution in [2.75, 3.05) is 26.7 Å². The summed E-state index contributed by atoms with van der Waals surface area (Å²) in [4.78, 5) is 13.8. The third kappa shape index (κ3) is 5.64. The molecule has 1 fully saturated rings. The van der Waals surface area contributed by atoms with Crippen molar-refractivity contribution in [3.8, 4) is 0 Å². The first-order chi connectivity index (χ1) is 13.5. The minimum atomic E-state index is -3.54. The number of esters is 1. The smallest absolute Gasteiger partial charge is 0.337 e. The molecule has 1 atom stereocenters. The highest BCUT2D eigenvalue weighted by Gasteiger charge is 2.22. The number of carbonyl (C=O) groups excluding carboxylic acids is 1. The monoisotopic (exact) mass is 402 g/mol. The van der Waals surface area contributed by atoms with Crippen molar-refractivity contribution < 1.29 is 17.9 Å². The molecule has 6 nitrogen and oxygen atoms in total. The molecule has 0 amide bonds. The predicted octanol–water partition coefficient (Wildman–Crippen LogP) is 2.73. The lowest BCUT2D eigenvalue weighted by molar-refractivity contribution is 0.0600. The second-order valence-electron chi connectivity index (χ2n) is 7.01. The Labute approximate surface area is 166 Å². The SMILES string of the molecule is COC(=O)c1ccc(CS(=O)(=O)NC(CCN2CCC2)c2ccccc2)cc1. The molecule has 3 rings (SSSR count). The number of benzene rings is 2. The number of likely N-dealkylation sites (tertiary alicyclic amines) is 1. The fraction of sp³-hybridized carbons (Fsp3) is 0.381. The average Bonchev–Trinajstić information content (AvgIpc) is 2.66. The maximum atomic E-state index is 12.8. The van der Waals surface area contributed by atoms with E-state index in [0.717, 1.165) is 31.6 Å². The zero-order chi connectivity index (χ0) is 20.0. The minimum Gasteiger partial charge on any atom is -0.465 e. The van der Waals surface area contributed by atoms with E-state index in [1.165, 1.54) is 13.5 Å². The quantitative estimate of drug-likeness (QED) is 0.653. The largest absolute Gasteiger partial charge is 0.465 e. The van der Waals surface area contributed by atoms with Crippen LogP contribution in [0.3, 0.4) is 0 Å². The molecule has 150 valence electrons. The Morgan fingerprint density at radius 1 is 1.11 bits per heavy atom. The van der Waals surface area contributed by atoms with Crippen molar-refractivity contribution >= 4 is 16.0 Å². The van der Waals surface area contributed by atoms with E-state index < -0.39 is 16.0 Å². The van der Waals surface area contributed by atoms with Gasteiger partial charge in [-0.2, -0.15) is 0 Å². The Bertz CT molecular complexity index is 878. The van der Waals surface area contributed by atoms with Gasteiger partial charge in [0, 0.05) is 6.04 Å². The van der Waals surface area contributed by atoms with E-state index in [1.807, 2.05) is 30.3 Å². The Hall–Kier alpha value is -2.22. The van der Waals surface area contributed by atoms with Crippen molar-refractivity contribution in [2.24, 2.45) is 0 Å². The predicted molar refractivity (Wildman–Crippen MR) is 108 cm³/mol. The molecule has 1 heterocycles. The lowest BCUT2D eigenvalue weighted by Crippen LogP contribution is -2.40. The van der Waals surface area contributed by atoms with E-state index in [0.29, 0.717) is 11.1 Å². The number of sulfonamides is 1. The number of hydrogen-bond acceptors (Lipinski definition) is 5. The van der Waals surface area contributed by atoms with Gasteiger partial charge in [0.15, 0.2) is 0 Å². The molecule has 2 aromatic rings.